The molecule has 0 aromatic heterocycles. The average Bonchev–Trinajstić information content (AvgIpc) is 3.70. The van der Waals surface area contributed by atoms with Crippen LogP contribution in [0.2, 0.25) is 0 Å². The van der Waals surface area contributed by atoms with E-state index in [4.69, 9.17) is 9.47 Å². The van der Waals surface area contributed by atoms with Gasteiger partial charge in [-0.15, -0.1) is 0 Å². The van der Waals surface area contributed by atoms with Gasteiger partial charge in [0.25, 0.3) is 5.91 Å². The molecule has 16 heteroatoms. The number of benzene rings is 3. The van der Waals surface area contributed by atoms with Crippen molar-refractivity contribution in [2.75, 3.05) is 19.0 Å². The molecular formula is C33H33F6N3O6S. The maximum absolute atomic E-state index is 13.5. The maximum Gasteiger partial charge on any atom is 0.416 e. The Balaban J connectivity index is 1.25. The summed E-state index contributed by atoms with van der Waals surface area (Å²) in [5.41, 5.74) is -3.81. The summed E-state index contributed by atoms with van der Waals surface area (Å²) in [6, 6.07) is 15.3. The summed E-state index contributed by atoms with van der Waals surface area (Å²) in [6.07, 6.45) is -8.38. The van der Waals surface area contributed by atoms with Crippen molar-refractivity contribution >= 4 is 27.9 Å². The minimum atomic E-state index is -5.22. The predicted molar refractivity (Wildman–Crippen MR) is 166 cm³/mol. The highest BCUT2D eigenvalue weighted by Gasteiger charge is 2.58. The van der Waals surface area contributed by atoms with Crippen LogP contribution in [0.5, 0.6) is 5.75 Å². The Hall–Kier alpha value is -4.31. The van der Waals surface area contributed by atoms with Gasteiger partial charge in [-0.2, -0.15) is 39.1 Å². The molecule has 3 aromatic carbocycles. The number of alkyl halides is 6. The van der Waals surface area contributed by atoms with Crippen molar-refractivity contribution in [1.29, 1.82) is 0 Å². The Labute approximate surface area is 278 Å². The molecule has 0 radical (unpaired) electrons. The number of rotatable bonds is 10. The van der Waals surface area contributed by atoms with Crippen LogP contribution in [0.1, 0.15) is 59.2 Å². The number of anilines is 1. The van der Waals surface area contributed by atoms with Gasteiger partial charge in [-0.25, -0.2) is 9.52 Å². The molecule has 2 aliphatic rings. The fraction of sp³-hybridized carbons (Fsp3) is 0.394. The van der Waals surface area contributed by atoms with Gasteiger partial charge in [0.05, 0.1) is 18.2 Å². The van der Waals surface area contributed by atoms with Gasteiger partial charge in [0.1, 0.15) is 11.9 Å². The third kappa shape index (κ3) is 9.03. The Morgan fingerprint density at radius 3 is 2.12 bits per heavy atom. The van der Waals surface area contributed by atoms with Crippen molar-refractivity contribution in [2.24, 2.45) is 11.3 Å². The Morgan fingerprint density at radius 2 is 1.53 bits per heavy atom. The third-order valence-electron chi connectivity index (χ3n) is 8.86. The molecule has 2 amide bonds. The smallest absolute Gasteiger partial charge is 0.416 e. The highest BCUT2D eigenvalue weighted by Crippen LogP contribution is 2.59. The second-order valence-corrected chi connectivity index (χ2v) is 13.9. The van der Waals surface area contributed by atoms with E-state index in [0.717, 1.165) is 4.31 Å². The normalized spacial score (nSPS) is 20.9. The summed E-state index contributed by atoms with van der Waals surface area (Å²) in [5.74, 6) is -1.27. The largest absolute Gasteiger partial charge is 0.497 e. The van der Waals surface area contributed by atoms with Gasteiger partial charge in [0.2, 0.25) is 0 Å². The van der Waals surface area contributed by atoms with Crippen LogP contribution in [0.15, 0.2) is 72.8 Å². The van der Waals surface area contributed by atoms with E-state index in [-0.39, 0.29) is 48.7 Å². The van der Waals surface area contributed by atoms with E-state index in [1.807, 2.05) is 0 Å². The van der Waals surface area contributed by atoms with Gasteiger partial charge < -0.3 is 9.47 Å². The first-order chi connectivity index (χ1) is 23.0. The van der Waals surface area contributed by atoms with E-state index in [1.165, 1.54) is 7.11 Å². The van der Waals surface area contributed by atoms with E-state index in [0.29, 0.717) is 49.1 Å². The van der Waals surface area contributed by atoms with E-state index in [9.17, 15) is 44.3 Å². The first-order valence-corrected chi connectivity index (χ1v) is 16.7. The molecule has 0 bridgehead atoms. The number of nitrogens with zero attached hydrogens (tertiary/aromatic N) is 1. The zero-order chi connectivity index (χ0) is 35.6. The minimum Gasteiger partial charge on any atom is -0.497 e. The number of carbonyl (C=O) groups is 2. The number of hydrogen-bond donors (Lipinski definition) is 2. The number of nitrogens with one attached hydrogen (secondary N) is 2. The minimum absolute atomic E-state index is 0.0776. The fourth-order valence-corrected chi connectivity index (χ4v) is 7.27. The average molecular weight is 714 g/mol. The van der Waals surface area contributed by atoms with Crippen molar-refractivity contribution < 1.29 is 53.8 Å². The van der Waals surface area contributed by atoms with Gasteiger partial charge in [0, 0.05) is 35.8 Å². The van der Waals surface area contributed by atoms with Gasteiger partial charge in [0.15, 0.2) is 0 Å². The number of halogens is 6. The van der Waals surface area contributed by atoms with E-state index < -0.39 is 51.3 Å². The van der Waals surface area contributed by atoms with Gasteiger partial charge in [-0.1, -0.05) is 36.4 Å². The number of amides is 2. The predicted octanol–water partition coefficient (Wildman–Crippen LogP) is 7.41. The number of methoxy groups -OCH3 is 1. The van der Waals surface area contributed by atoms with Crippen LogP contribution in [-0.2, 0) is 33.8 Å². The molecule has 2 saturated carbocycles. The lowest BCUT2D eigenvalue weighted by atomic mass is 9.79. The van der Waals surface area contributed by atoms with Crippen LogP contribution in [0.4, 0.5) is 36.8 Å². The molecule has 2 fully saturated rings. The Morgan fingerprint density at radius 1 is 0.898 bits per heavy atom. The molecule has 1 spiro atoms. The topological polar surface area (TPSA) is 114 Å². The van der Waals surface area contributed by atoms with Crippen molar-refractivity contribution in [2.45, 2.75) is 57.1 Å². The van der Waals surface area contributed by atoms with E-state index in [2.05, 4.69) is 5.32 Å². The molecule has 2 N–H and O–H groups in total. The van der Waals surface area contributed by atoms with Crippen LogP contribution in [0, 0.1) is 11.3 Å². The SMILES string of the molecule is COc1cccc(NC(=O)OC2CC23CCC(CN(Cc2ccccc2)S(=O)(=O)NC(=O)c2cc(C(F)(F)F)cc(C(F)(F)F)c2)CC3)c1. The summed E-state index contributed by atoms with van der Waals surface area (Å²) in [7, 11) is -3.25. The summed E-state index contributed by atoms with van der Waals surface area (Å²) in [6.45, 7) is -0.288. The molecule has 264 valence electrons. The molecular weight excluding hydrogens is 680 g/mol. The molecule has 0 heterocycles. The molecule has 1 unspecified atom stereocenters. The van der Waals surface area contributed by atoms with Crippen LogP contribution in [0.25, 0.3) is 0 Å². The molecule has 9 nitrogen and oxygen atoms in total. The Bertz CT molecular complexity index is 1750. The van der Waals surface area contributed by atoms with Crippen molar-refractivity contribution in [3.8, 4) is 5.75 Å². The Kier molecular flexibility index (Phi) is 10.2. The molecule has 1 atom stereocenters. The van der Waals surface area contributed by atoms with Gasteiger partial charge >= 0.3 is 28.7 Å². The summed E-state index contributed by atoms with van der Waals surface area (Å²) < 4.78 is 121. The van der Waals surface area contributed by atoms with Crippen molar-refractivity contribution in [3.63, 3.8) is 0 Å². The highest BCUT2D eigenvalue weighted by atomic mass is 32.2. The number of ether oxygens (including phenoxy) is 2. The van der Waals surface area contributed by atoms with E-state index >= 15 is 0 Å². The molecule has 3 aromatic rings. The first kappa shape index (κ1) is 36.0. The number of hydrogen-bond acceptors (Lipinski definition) is 6. The molecule has 0 aliphatic heterocycles. The lowest BCUT2D eigenvalue weighted by Gasteiger charge is -2.32. The maximum atomic E-state index is 13.5. The lowest BCUT2D eigenvalue weighted by molar-refractivity contribution is -0.143. The van der Waals surface area contributed by atoms with E-state index in [1.54, 1.807) is 59.3 Å². The second-order valence-electron chi connectivity index (χ2n) is 12.3. The van der Waals surface area contributed by atoms with Crippen LogP contribution in [0.3, 0.4) is 0 Å². The monoisotopic (exact) mass is 713 g/mol. The van der Waals surface area contributed by atoms with Gasteiger partial charge in [-0.05, 0) is 73.9 Å². The lowest BCUT2D eigenvalue weighted by Crippen LogP contribution is -2.45. The van der Waals surface area contributed by atoms with Crippen molar-refractivity contribution in [1.82, 2.24) is 9.03 Å². The van der Waals surface area contributed by atoms with Crippen molar-refractivity contribution in [3.05, 3.63) is 95.1 Å². The van der Waals surface area contributed by atoms with Gasteiger partial charge in [-0.3, -0.25) is 10.1 Å². The summed E-state index contributed by atoms with van der Waals surface area (Å²) >= 11 is 0. The van der Waals surface area contributed by atoms with Crippen LogP contribution in [-0.4, -0.2) is 44.5 Å². The summed E-state index contributed by atoms with van der Waals surface area (Å²) in [5, 5.41) is 2.67. The second kappa shape index (κ2) is 13.9. The molecule has 2 aliphatic carbocycles. The molecule has 5 rings (SSSR count). The zero-order valence-corrected chi connectivity index (χ0v) is 26.9. The summed E-state index contributed by atoms with van der Waals surface area (Å²) in [4.78, 5) is 25.4. The number of carbonyl (C=O) groups excluding carboxylic acids is 2. The zero-order valence-electron chi connectivity index (χ0n) is 26.1. The first-order valence-electron chi connectivity index (χ1n) is 15.2. The highest BCUT2D eigenvalue weighted by molar-refractivity contribution is 7.87. The standard InChI is InChI=1S/C33H33F6N3O6S/c1-47-27-9-5-8-26(17-27)40-30(44)48-28-18-31(28)12-10-22(11-13-31)20-42(19-21-6-3-2-4-7-21)49(45,46)41-29(43)23-14-24(32(34,35)36)16-25(15-23)33(37,38)39/h2-9,14-17,22,28H,10-13,18-20H2,1H3,(H,40,44)(H,41,43). The molecule has 0 saturated heterocycles. The fourth-order valence-electron chi connectivity index (χ4n) is 6.06. The third-order valence-corrected chi connectivity index (χ3v) is 10.3. The quantitative estimate of drug-likeness (QED) is 0.212. The molecule has 49 heavy (non-hydrogen) atoms. The van der Waals surface area contributed by atoms with Crippen LogP contribution >= 0.6 is 0 Å². The van der Waals surface area contributed by atoms with Crippen LogP contribution < -0.4 is 14.8 Å².